The van der Waals surface area contributed by atoms with E-state index in [1.54, 1.807) is 0 Å². The molecule has 0 amide bonds. The molecule has 10 heteroatoms. The van der Waals surface area contributed by atoms with E-state index in [0.717, 1.165) is 34.4 Å². The molecule has 5 heterocycles. The summed E-state index contributed by atoms with van der Waals surface area (Å²) in [4.78, 5) is 21.6. The molecule has 3 fully saturated rings. The average Bonchev–Trinajstić information content (AvgIpc) is 3.19. The molecule has 0 aliphatic carbocycles. The van der Waals surface area contributed by atoms with Crippen LogP contribution in [0.25, 0.3) is 22.2 Å². The highest BCUT2D eigenvalue weighted by molar-refractivity contribution is 5.89. The van der Waals surface area contributed by atoms with E-state index in [9.17, 15) is 9.59 Å². The van der Waals surface area contributed by atoms with Crippen molar-refractivity contribution in [2.75, 3.05) is 19.6 Å². The summed E-state index contributed by atoms with van der Waals surface area (Å²) in [6, 6.07) is 10.1. The largest absolute Gasteiger partial charge is 0.478 e. The Morgan fingerprint density at radius 1 is 1.09 bits per heavy atom. The summed E-state index contributed by atoms with van der Waals surface area (Å²) in [5.74, 6) is -1.22. The van der Waals surface area contributed by atoms with Gasteiger partial charge in [0.25, 0.3) is 0 Å². The number of nitrogens with zero attached hydrogens (tertiary/aromatic N) is 4. The van der Waals surface area contributed by atoms with Crippen LogP contribution in [0.4, 0.5) is 0 Å². The number of aromatic amines is 1. The van der Waals surface area contributed by atoms with Crippen LogP contribution in [0.3, 0.4) is 0 Å². The second kappa shape index (κ2) is 9.78. The van der Waals surface area contributed by atoms with Crippen molar-refractivity contribution in [3.63, 3.8) is 0 Å². The standard InChI is InChI=1S/C19H21N5O.C4H4O4/c1-12-15-10-14(2-3-17(15)22-20-12)16-4-5-19(23-21-16)25-18-11-24-8-6-13(18)7-9-24;5-3(6)1-2-4(7)8/h2-5,10,13,18H,6-9,11H2,1H3,(H,20,22);1-2H,(H,5,6)(H,7,8)/t18-;/m0./s1. The molecular weight excluding hydrogens is 426 g/mol. The van der Waals surface area contributed by atoms with Crippen LogP contribution in [0.5, 0.6) is 5.88 Å². The average molecular weight is 451 g/mol. The van der Waals surface area contributed by atoms with Gasteiger partial charge in [0.05, 0.1) is 16.9 Å². The molecule has 0 radical (unpaired) electrons. The smallest absolute Gasteiger partial charge is 0.328 e. The molecule has 1 atom stereocenters. The fraction of sp³-hybridized carbons (Fsp3) is 0.348. The topological polar surface area (TPSA) is 142 Å². The molecular formula is C23H25N5O5. The summed E-state index contributed by atoms with van der Waals surface area (Å²) in [6.07, 6.45) is 3.85. The zero-order valence-electron chi connectivity index (χ0n) is 18.1. The van der Waals surface area contributed by atoms with E-state index in [2.05, 4.69) is 31.4 Å². The third-order valence-electron chi connectivity index (χ3n) is 5.93. The van der Waals surface area contributed by atoms with Crippen LogP contribution in [-0.2, 0) is 9.59 Å². The third kappa shape index (κ3) is 5.53. The number of carboxylic acids is 2. The van der Waals surface area contributed by atoms with Crippen molar-refractivity contribution >= 4 is 22.8 Å². The van der Waals surface area contributed by atoms with Crippen LogP contribution in [0.2, 0.25) is 0 Å². The van der Waals surface area contributed by atoms with E-state index < -0.39 is 11.9 Å². The van der Waals surface area contributed by atoms with E-state index in [4.69, 9.17) is 14.9 Å². The number of piperidine rings is 3. The Hall–Kier alpha value is -3.79. The zero-order chi connectivity index (χ0) is 23.4. The van der Waals surface area contributed by atoms with Gasteiger partial charge in [-0.15, -0.1) is 10.2 Å². The van der Waals surface area contributed by atoms with E-state index in [-0.39, 0.29) is 6.10 Å². The molecule has 3 aliphatic heterocycles. The van der Waals surface area contributed by atoms with Gasteiger partial charge in [0, 0.05) is 35.7 Å². The molecule has 2 bridgehead atoms. The van der Waals surface area contributed by atoms with Crippen LogP contribution in [0, 0.1) is 12.8 Å². The molecule has 1 aromatic carbocycles. The van der Waals surface area contributed by atoms with E-state index in [0.29, 0.717) is 23.9 Å². The Morgan fingerprint density at radius 3 is 2.39 bits per heavy atom. The summed E-state index contributed by atoms with van der Waals surface area (Å²) in [7, 11) is 0. The van der Waals surface area contributed by atoms with Crippen LogP contribution < -0.4 is 4.74 Å². The lowest BCUT2D eigenvalue weighted by molar-refractivity contribution is -0.134. The number of hydrogen-bond donors (Lipinski definition) is 3. The molecule has 3 N–H and O–H groups in total. The first kappa shape index (κ1) is 22.4. The zero-order valence-corrected chi connectivity index (χ0v) is 18.1. The number of nitrogens with one attached hydrogen (secondary N) is 1. The van der Waals surface area contributed by atoms with Crippen molar-refractivity contribution in [1.82, 2.24) is 25.3 Å². The first-order valence-corrected chi connectivity index (χ1v) is 10.7. The van der Waals surface area contributed by atoms with Gasteiger partial charge in [0.15, 0.2) is 0 Å². The minimum Gasteiger partial charge on any atom is -0.478 e. The maximum atomic E-state index is 9.55. The van der Waals surface area contributed by atoms with Gasteiger partial charge in [-0.25, -0.2) is 9.59 Å². The number of hydrogen-bond acceptors (Lipinski definition) is 7. The second-order valence-corrected chi connectivity index (χ2v) is 8.13. The number of H-pyrrole nitrogens is 1. The number of carboxylic acid groups (broad SMARTS) is 2. The number of benzene rings is 1. The Morgan fingerprint density at radius 2 is 1.82 bits per heavy atom. The molecule has 3 aromatic rings. The predicted molar refractivity (Wildman–Crippen MR) is 120 cm³/mol. The summed E-state index contributed by atoms with van der Waals surface area (Å²) in [6.45, 7) is 5.44. The monoisotopic (exact) mass is 451 g/mol. The van der Waals surface area contributed by atoms with Gasteiger partial charge in [0.1, 0.15) is 6.10 Å². The maximum Gasteiger partial charge on any atom is 0.328 e. The van der Waals surface area contributed by atoms with Gasteiger partial charge in [-0.2, -0.15) is 5.10 Å². The second-order valence-electron chi connectivity index (χ2n) is 8.13. The molecule has 0 spiro atoms. The van der Waals surface area contributed by atoms with Crippen molar-refractivity contribution in [1.29, 1.82) is 0 Å². The molecule has 0 saturated carbocycles. The highest BCUT2D eigenvalue weighted by Crippen LogP contribution is 2.30. The van der Waals surface area contributed by atoms with Crippen LogP contribution in [-0.4, -0.2) is 73.2 Å². The van der Waals surface area contributed by atoms with E-state index in [1.165, 1.54) is 25.9 Å². The summed E-state index contributed by atoms with van der Waals surface area (Å²) < 4.78 is 6.13. The number of ether oxygens (including phenoxy) is 1. The molecule has 3 aliphatic rings. The molecule has 0 unspecified atom stereocenters. The van der Waals surface area contributed by atoms with Gasteiger partial charge in [-0.05, 0) is 57.0 Å². The SMILES string of the molecule is Cc1n[nH]c2ccc(-c3ccc(O[C@H]4CN5CCC4CC5)nn3)cc12.O=C(O)C=CC(=O)O. The molecule has 6 rings (SSSR count). The molecule has 2 aromatic heterocycles. The highest BCUT2D eigenvalue weighted by Gasteiger charge is 2.35. The van der Waals surface area contributed by atoms with Crippen molar-refractivity contribution in [3.8, 4) is 17.1 Å². The van der Waals surface area contributed by atoms with Crippen molar-refractivity contribution in [2.24, 2.45) is 5.92 Å². The Bertz CT molecular complexity index is 1150. The van der Waals surface area contributed by atoms with Crippen LogP contribution in [0.1, 0.15) is 18.5 Å². The summed E-state index contributed by atoms with van der Waals surface area (Å²) >= 11 is 0. The van der Waals surface area contributed by atoms with Gasteiger partial charge in [-0.1, -0.05) is 6.07 Å². The number of aliphatic carboxylic acids is 2. The quantitative estimate of drug-likeness (QED) is 0.499. The number of rotatable bonds is 5. The van der Waals surface area contributed by atoms with E-state index in [1.807, 2.05) is 31.2 Å². The number of aromatic nitrogens is 4. The van der Waals surface area contributed by atoms with Crippen molar-refractivity contribution in [2.45, 2.75) is 25.9 Å². The first-order valence-electron chi connectivity index (χ1n) is 10.7. The summed E-state index contributed by atoms with van der Waals surface area (Å²) in [5.41, 5.74) is 3.92. The van der Waals surface area contributed by atoms with Gasteiger partial charge in [0.2, 0.25) is 5.88 Å². The summed E-state index contributed by atoms with van der Waals surface area (Å²) in [5, 5.41) is 32.7. The minimum absolute atomic E-state index is 0.257. The number of carbonyl (C=O) groups is 2. The Labute approximate surface area is 189 Å². The van der Waals surface area contributed by atoms with Gasteiger partial charge in [-0.3, -0.25) is 10.00 Å². The number of aryl methyl sites for hydroxylation is 1. The Balaban J connectivity index is 0.000000281. The Kier molecular flexibility index (Phi) is 6.64. The maximum absolute atomic E-state index is 9.55. The normalized spacial score (nSPS) is 21.5. The molecule has 3 saturated heterocycles. The fourth-order valence-electron chi connectivity index (χ4n) is 4.18. The third-order valence-corrected chi connectivity index (χ3v) is 5.93. The lowest BCUT2D eigenvalue weighted by Crippen LogP contribution is -2.52. The lowest BCUT2D eigenvalue weighted by Gasteiger charge is -2.44. The first-order chi connectivity index (χ1) is 15.9. The van der Waals surface area contributed by atoms with Crippen LogP contribution >= 0.6 is 0 Å². The van der Waals surface area contributed by atoms with Gasteiger partial charge < -0.3 is 14.9 Å². The van der Waals surface area contributed by atoms with E-state index >= 15 is 0 Å². The molecule has 10 nitrogen and oxygen atoms in total. The fourth-order valence-corrected chi connectivity index (χ4v) is 4.18. The highest BCUT2D eigenvalue weighted by atomic mass is 16.5. The lowest BCUT2D eigenvalue weighted by atomic mass is 9.86. The van der Waals surface area contributed by atoms with Crippen LogP contribution in [0.15, 0.2) is 42.5 Å². The van der Waals surface area contributed by atoms with Crippen molar-refractivity contribution in [3.05, 3.63) is 48.2 Å². The van der Waals surface area contributed by atoms with Gasteiger partial charge >= 0.3 is 11.9 Å². The minimum atomic E-state index is -1.26. The molecule has 172 valence electrons. The number of fused-ring (bicyclic) bond motifs is 4. The molecule has 33 heavy (non-hydrogen) atoms. The van der Waals surface area contributed by atoms with Crippen molar-refractivity contribution < 1.29 is 24.5 Å². The predicted octanol–water partition coefficient (Wildman–Crippen LogP) is 2.51.